The van der Waals surface area contributed by atoms with E-state index in [0.29, 0.717) is 22.2 Å². The highest BCUT2D eigenvalue weighted by atomic mass is 35.5. The predicted octanol–water partition coefficient (Wildman–Crippen LogP) is 4.16. The van der Waals surface area contributed by atoms with Crippen molar-refractivity contribution in [2.75, 3.05) is 11.4 Å². The lowest BCUT2D eigenvalue weighted by Crippen LogP contribution is -2.33. The Balaban J connectivity index is 2.20. The van der Waals surface area contributed by atoms with E-state index in [2.05, 4.69) is 0 Å². The summed E-state index contributed by atoms with van der Waals surface area (Å²) < 4.78 is 0. The second-order valence-corrected chi connectivity index (χ2v) is 5.59. The van der Waals surface area contributed by atoms with E-state index in [1.165, 1.54) is 0 Å². The van der Waals surface area contributed by atoms with Gasteiger partial charge in [-0.1, -0.05) is 47.5 Å². The number of hydrogen-bond acceptors (Lipinski definition) is 2. The molecule has 2 rings (SSSR count). The van der Waals surface area contributed by atoms with Crippen LogP contribution < -0.4 is 4.90 Å². The molecule has 0 spiro atoms. The molecule has 5 heteroatoms. The molecule has 2 aromatic rings. The molecule has 0 unspecified atom stereocenters. The van der Waals surface area contributed by atoms with Crippen molar-refractivity contribution in [1.29, 1.82) is 0 Å². The number of anilines is 1. The topological polar surface area (TPSA) is 37.4 Å². The van der Waals surface area contributed by atoms with Crippen LogP contribution in [-0.2, 0) is 16.0 Å². The third kappa shape index (κ3) is 4.33. The quantitative estimate of drug-likeness (QED) is 0.743. The molecular weight excluding hydrogens is 321 g/mol. The monoisotopic (exact) mass is 335 g/mol. The first-order valence-electron chi connectivity index (χ1n) is 6.85. The number of halogens is 2. The van der Waals surface area contributed by atoms with E-state index in [-0.39, 0.29) is 18.7 Å². The maximum absolute atomic E-state index is 12.6. The maximum Gasteiger partial charge on any atom is 0.231 e. The van der Waals surface area contributed by atoms with Gasteiger partial charge in [-0.25, -0.2) is 0 Å². The zero-order valence-corrected chi connectivity index (χ0v) is 13.3. The van der Waals surface area contributed by atoms with E-state index in [9.17, 15) is 9.59 Å². The maximum atomic E-state index is 12.6. The van der Waals surface area contributed by atoms with Crippen molar-refractivity contribution in [2.45, 2.75) is 12.8 Å². The van der Waals surface area contributed by atoms with Crippen LogP contribution in [0.25, 0.3) is 0 Å². The lowest BCUT2D eigenvalue weighted by atomic mass is 10.1. The van der Waals surface area contributed by atoms with Crippen LogP contribution in [-0.4, -0.2) is 18.7 Å². The van der Waals surface area contributed by atoms with Crippen LogP contribution in [0, 0.1) is 0 Å². The van der Waals surface area contributed by atoms with Crippen molar-refractivity contribution in [3.63, 3.8) is 0 Å². The van der Waals surface area contributed by atoms with Gasteiger partial charge in [-0.15, -0.1) is 0 Å². The smallest absolute Gasteiger partial charge is 0.231 e. The number of aldehydes is 1. The van der Waals surface area contributed by atoms with Crippen LogP contribution in [0.4, 0.5) is 5.69 Å². The summed E-state index contributed by atoms with van der Waals surface area (Å²) in [4.78, 5) is 24.8. The van der Waals surface area contributed by atoms with E-state index in [4.69, 9.17) is 23.2 Å². The molecule has 0 bridgehead atoms. The summed E-state index contributed by atoms with van der Waals surface area (Å²) in [5, 5.41) is 0.992. The standard InChI is InChI=1S/C17H15Cl2NO2/c18-14-8-7-13(16(19)12-14)11-17(22)20(9-4-10-21)15-5-2-1-3-6-15/h1-3,5-8,10,12H,4,9,11H2. The number of amides is 1. The van der Waals surface area contributed by atoms with Crippen LogP contribution in [0.5, 0.6) is 0 Å². The van der Waals surface area contributed by atoms with Crippen LogP contribution in [0.1, 0.15) is 12.0 Å². The van der Waals surface area contributed by atoms with Gasteiger partial charge in [0.2, 0.25) is 5.91 Å². The van der Waals surface area contributed by atoms with Crippen LogP contribution in [0.2, 0.25) is 10.0 Å². The fraction of sp³-hybridized carbons (Fsp3) is 0.176. The molecule has 0 saturated heterocycles. The summed E-state index contributed by atoms with van der Waals surface area (Å²) in [5.41, 5.74) is 1.47. The predicted molar refractivity (Wildman–Crippen MR) is 89.6 cm³/mol. The SMILES string of the molecule is O=CCCN(C(=O)Cc1ccc(Cl)cc1Cl)c1ccccc1. The van der Waals surface area contributed by atoms with Gasteiger partial charge >= 0.3 is 0 Å². The Morgan fingerprint density at radius 1 is 1.09 bits per heavy atom. The Labute approximate surface area is 139 Å². The number of rotatable bonds is 6. The minimum Gasteiger partial charge on any atom is -0.312 e. The van der Waals surface area contributed by atoms with Gasteiger partial charge in [-0.05, 0) is 29.8 Å². The van der Waals surface area contributed by atoms with E-state index < -0.39 is 0 Å². The van der Waals surface area contributed by atoms with E-state index >= 15 is 0 Å². The average Bonchev–Trinajstić information content (AvgIpc) is 2.51. The molecule has 0 aliphatic rings. The van der Waals surface area contributed by atoms with Crippen LogP contribution in [0.3, 0.4) is 0 Å². The van der Waals surface area contributed by atoms with Gasteiger partial charge in [0.05, 0.1) is 6.42 Å². The molecule has 0 radical (unpaired) electrons. The molecular formula is C17H15Cl2NO2. The highest BCUT2D eigenvalue weighted by Gasteiger charge is 2.17. The zero-order valence-electron chi connectivity index (χ0n) is 11.8. The summed E-state index contributed by atoms with van der Waals surface area (Å²) in [6.45, 7) is 0.345. The third-order valence-electron chi connectivity index (χ3n) is 3.20. The summed E-state index contributed by atoms with van der Waals surface area (Å²) in [5.74, 6) is -0.114. The summed E-state index contributed by atoms with van der Waals surface area (Å²) in [6, 6.07) is 14.3. The van der Waals surface area contributed by atoms with E-state index in [1.54, 1.807) is 23.1 Å². The van der Waals surface area contributed by atoms with Gasteiger partial charge in [-0.3, -0.25) is 4.79 Å². The highest BCUT2D eigenvalue weighted by molar-refractivity contribution is 6.35. The summed E-state index contributed by atoms with van der Waals surface area (Å²) >= 11 is 12.0. The number of hydrogen-bond donors (Lipinski definition) is 0. The largest absolute Gasteiger partial charge is 0.312 e. The first-order valence-corrected chi connectivity index (χ1v) is 7.60. The summed E-state index contributed by atoms with van der Waals surface area (Å²) in [7, 11) is 0. The van der Waals surface area contributed by atoms with E-state index in [0.717, 1.165) is 12.0 Å². The number of carbonyl (C=O) groups is 2. The number of carbonyl (C=O) groups excluding carboxylic acids is 2. The summed E-state index contributed by atoms with van der Waals surface area (Å²) in [6.07, 6.45) is 1.25. The lowest BCUT2D eigenvalue weighted by Gasteiger charge is -2.22. The second-order valence-electron chi connectivity index (χ2n) is 4.75. The first kappa shape index (κ1) is 16.5. The Kier molecular flexibility index (Phi) is 5.99. The average molecular weight is 336 g/mol. The molecule has 1 amide bonds. The van der Waals surface area contributed by atoms with Crippen LogP contribution >= 0.6 is 23.2 Å². The van der Waals surface area contributed by atoms with Crippen molar-refractivity contribution >= 4 is 41.1 Å². The van der Waals surface area contributed by atoms with Gasteiger partial charge in [0.1, 0.15) is 6.29 Å². The van der Waals surface area contributed by atoms with Gasteiger partial charge < -0.3 is 9.69 Å². The van der Waals surface area contributed by atoms with Gasteiger partial charge in [0.25, 0.3) is 0 Å². The molecule has 0 atom stereocenters. The molecule has 0 fully saturated rings. The van der Waals surface area contributed by atoms with Gasteiger partial charge in [0.15, 0.2) is 0 Å². The zero-order chi connectivity index (χ0) is 15.9. The molecule has 0 aromatic heterocycles. The minimum absolute atomic E-state index is 0.114. The first-order chi connectivity index (χ1) is 10.6. The van der Waals surface area contributed by atoms with Crippen molar-refractivity contribution in [1.82, 2.24) is 0 Å². The number of benzene rings is 2. The highest BCUT2D eigenvalue weighted by Crippen LogP contribution is 2.23. The minimum atomic E-state index is -0.114. The molecule has 0 saturated carbocycles. The molecule has 22 heavy (non-hydrogen) atoms. The third-order valence-corrected chi connectivity index (χ3v) is 3.78. The molecule has 0 N–H and O–H groups in total. The van der Waals surface area contributed by atoms with Crippen molar-refractivity contribution in [3.05, 3.63) is 64.1 Å². The molecule has 114 valence electrons. The Morgan fingerprint density at radius 2 is 1.82 bits per heavy atom. The lowest BCUT2D eigenvalue weighted by molar-refractivity contribution is -0.118. The Hall–Kier alpha value is -1.84. The van der Waals surface area contributed by atoms with Crippen molar-refractivity contribution in [3.8, 4) is 0 Å². The number of para-hydroxylation sites is 1. The Morgan fingerprint density at radius 3 is 2.45 bits per heavy atom. The van der Waals surface area contributed by atoms with Crippen molar-refractivity contribution < 1.29 is 9.59 Å². The Bertz CT molecular complexity index is 659. The molecule has 2 aromatic carbocycles. The fourth-order valence-electron chi connectivity index (χ4n) is 2.11. The van der Waals surface area contributed by atoms with Gasteiger partial charge in [0, 0.05) is 28.7 Å². The molecule has 0 aliphatic heterocycles. The molecule has 0 aliphatic carbocycles. The van der Waals surface area contributed by atoms with Crippen molar-refractivity contribution in [2.24, 2.45) is 0 Å². The van der Waals surface area contributed by atoms with Gasteiger partial charge in [-0.2, -0.15) is 0 Å². The van der Waals surface area contributed by atoms with Crippen LogP contribution in [0.15, 0.2) is 48.5 Å². The second kappa shape index (κ2) is 7.97. The number of nitrogens with zero attached hydrogens (tertiary/aromatic N) is 1. The molecule has 0 heterocycles. The molecule has 3 nitrogen and oxygen atoms in total. The van der Waals surface area contributed by atoms with E-state index in [1.807, 2.05) is 30.3 Å². The normalized spacial score (nSPS) is 10.3. The fourth-order valence-corrected chi connectivity index (χ4v) is 2.59.